The normalized spacial score (nSPS) is 55.5. The Balaban J connectivity index is 1.65. The van der Waals surface area contributed by atoms with Gasteiger partial charge < -0.3 is 10.2 Å². The summed E-state index contributed by atoms with van der Waals surface area (Å²) in [5.74, 6) is 2.21. The first-order chi connectivity index (χ1) is 15.3. The molecule has 0 saturated heterocycles. The highest BCUT2D eigenvalue weighted by Gasteiger charge is 2.70. The van der Waals surface area contributed by atoms with Gasteiger partial charge in [-0.25, -0.2) is 0 Å². The summed E-state index contributed by atoms with van der Waals surface area (Å²) < 4.78 is 0. The van der Waals surface area contributed by atoms with Crippen molar-refractivity contribution in [1.82, 2.24) is 0 Å². The molecular weight excluding hydrogens is 408 g/mol. The second-order valence-corrected chi connectivity index (χ2v) is 14.5. The molecular formula is C30H48O3. The van der Waals surface area contributed by atoms with E-state index in [9.17, 15) is 15.0 Å². The van der Waals surface area contributed by atoms with E-state index in [-0.39, 0.29) is 45.7 Å². The van der Waals surface area contributed by atoms with Crippen molar-refractivity contribution < 1.29 is 15.0 Å². The molecule has 0 heterocycles. The minimum atomic E-state index is -0.273. The van der Waals surface area contributed by atoms with Gasteiger partial charge in [0.1, 0.15) is 0 Å². The molecule has 0 radical (unpaired) electrons. The Morgan fingerprint density at radius 2 is 1.64 bits per heavy atom. The van der Waals surface area contributed by atoms with E-state index >= 15 is 0 Å². The lowest BCUT2D eigenvalue weighted by atomic mass is 9.33. The van der Waals surface area contributed by atoms with Gasteiger partial charge in [-0.05, 0) is 103 Å². The van der Waals surface area contributed by atoms with Gasteiger partial charge >= 0.3 is 0 Å². The van der Waals surface area contributed by atoms with Crippen LogP contribution in [-0.4, -0.2) is 28.7 Å². The predicted molar refractivity (Wildman–Crippen MR) is 132 cm³/mol. The van der Waals surface area contributed by atoms with Gasteiger partial charge in [0.25, 0.3) is 0 Å². The van der Waals surface area contributed by atoms with Crippen LogP contribution in [0.15, 0.2) is 11.6 Å². The highest BCUT2D eigenvalue weighted by molar-refractivity contribution is 5.95. The van der Waals surface area contributed by atoms with Gasteiger partial charge in [-0.2, -0.15) is 0 Å². The maximum atomic E-state index is 14.2. The molecule has 4 saturated carbocycles. The summed E-state index contributed by atoms with van der Waals surface area (Å²) in [6.45, 7) is 16.8. The van der Waals surface area contributed by atoms with Gasteiger partial charge in [0.15, 0.2) is 5.78 Å². The fraction of sp³-hybridized carbons (Fsp3) is 0.900. The fourth-order valence-electron chi connectivity index (χ4n) is 10.7. The zero-order valence-corrected chi connectivity index (χ0v) is 22.2. The number of fused-ring (bicyclic) bond motifs is 7. The number of allylic oxidation sites excluding steroid dienone is 2. The lowest BCUT2D eigenvalue weighted by Gasteiger charge is -2.70. The molecule has 0 aromatic rings. The van der Waals surface area contributed by atoms with Crippen molar-refractivity contribution in [1.29, 1.82) is 0 Å². The average Bonchev–Trinajstić information content (AvgIpc) is 2.75. The Morgan fingerprint density at radius 3 is 2.30 bits per heavy atom. The van der Waals surface area contributed by atoms with Crippen molar-refractivity contribution in [2.24, 2.45) is 56.7 Å². The van der Waals surface area contributed by atoms with Gasteiger partial charge in [-0.15, -0.1) is 0 Å². The molecule has 0 bridgehead atoms. The lowest BCUT2D eigenvalue weighted by Crippen LogP contribution is -2.67. The van der Waals surface area contributed by atoms with Crippen LogP contribution in [0.3, 0.4) is 0 Å². The summed E-state index contributed by atoms with van der Waals surface area (Å²) in [4.78, 5) is 14.2. The molecule has 10 atom stereocenters. The van der Waals surface area contributed by atoms with Gasteiger partial charge in [0.05, 0.1) is 6.10 Å². The van der Waals surface area contributed by atoms with Crippen LogP contribution < -0.4 is 0 Å². The Labute approximate surface area is 201 Å². The number of ketones is 1. The molecule has 5 rings (SSSR count). The lowest BCUT2D eigenvalue weighted by molar-refractivity contribution is -0.204. The summed E-state index contributed by atoms with van der Waals surface area (Å²) in [6.07, 6.45) is 10.2. The molecule has 5 aliphatic rings. The molecule has 4 fully saturated rings. The van der Waals surface area contributed by atoms with Gasteiger partial charge in [0.2, 0.25) is 0 Å². The highest BCUT2D eigenvalue weighted by atomic mass is 16.3. The molecule has 5 aliphatic carbocycles. The molecule has 0 aliphatic heterocycles. The number of aliphatic hydroxyl groups is 2. The number of hydrogen-bond donors (Lipinski definition) is 2. The Bertz CT molecular complexity index is 874. The van der Waals surface area contributed by atoms with Crippen molar-refractivity contribution in [2.45, 2.75) is 106 Å². The molecule has 0 amide bonds. The first-order valence-corrected chi connectivity index (χ1v) is 13.8. The molecule has 0 aromatic carbocycles. The molecule has 3 heteroatoms. The standard InChI is InChI=1S/C30H48O3/c1-18-8-13-30(17-31)15-14-28(6)20(24(30)19(18)2)16-21(32)25-27(5)11-10-23(33)26(3,4)22(27)9-12-29(25,28)7/h16,18-19,22-25,31,33H,8-15,17H2,1-7H3/t18-,19+,22?,23+,24?,25?,27+,28-,29-,30-/m1/s1. The zero-order chi connectivity index (χ0) is 24.2. The minimum Gasteiger partial charge on any atom is -0.396 e. The van der Waals surface area contributed by atoms with E-state index in [1.165, 1.54) is 12.0 Å². The third-order valence-electron chi connectivity index (χ3n) is 13.2. The van der Waals surface area contributed by atoms with E-state index in [1.54, 1.807) is 0 Å². The number of carbonyl (C=O) groups excluding carboxylic acids is 1. The van der Waals surface area contributed by atoms with E-state index in [0.717, 1.165) is 44.9 Å². The molecule has 0 spiro atoms. The van der Waals surface area contributed by atoms with E-state index in [4.69, 9.17) is 0 Å². The van der Waals surface area contributed by atoms with Crippen LogP contribution in [0.4, 0.5) is 0 Å². The number of aliphatic hydroxyl groups excluding tert-OH is 2. The molecule has 2 N–H and O–H groups in total. The van der Waals surface area contributed by atoms with Crippen LogP contribution in [0.1, 0.15) is 99.8 Å². The first kappa shape index (κ1) is 24.0. The second kappa shape index (κ2) is 7.19. The number of rotatable bonds is 1. The molecule has 33 heavy (non-hydrogen) atoms. The van der Waals surface area contributed by atoms with Crippen LogP contribution in [0, 0.1) is 56.7 Å². The maximum absolute atomic E-state index is 14.2. The van der Waals surface area contributed by atoms with Crippen LogP contribution >= 0.6 is 0 Å². The third kappa shape index (κ3) is 2.79. The van der Waals surface area contributed by atoms with Gasteiger partial charge in [-0.3, -0.25) is 4.79 Å². The fourth-order valence-corrected chi connectivity index (χ4v) is 10.7. The minimum absolute atomic E-state index is 0.00835. The summed E-state index contributed by atoms with van der Waals surface area (Å²) >= 11 is 0. The Kier molecular flexibility index (Phi) is 5.24. The maximum Gasteiger partial charge on any atom is 0.159 e. The van der Waals surface area contributed by atoms with E-state index in [1.807, 2.05) is 0 Å². The van der Waals surface area contributed by atoms with Gasteiger partial charge in [-0.1, -0.05) is 54.0 Å². The van der Waals surface area contributed by atoms with Crippen LogP contribution in [0.5, 0.6) is 0 Å². The van der Waals surface area contributed by atoms with Crippen molar-refractivity contribution >= 4 is 5.78 Å². The Hall–Kier alpha value is -0.670. The molecule has 0 aromatic heterocycles. The Morgan fingerprint density at radius 1 is 0.939 bits per heavy atom. The molecule has 186 valence electrons. The van der Waals surface area contributed by atoms with Crippen LogP contribution in [-0.2, 0) is 4.79 Å². The summed E-state index contributed by atoms with van der Waals surface area (Å²) in [5, 5.41) is 21.5. The monoisotopic (exact) mass is 456 g/mol. The topological polar surface area (TPSA) is 57.5 Å². The van der Waals surface area contributed by atoms with Crippen molar-refractivity contribution in [3.05, 3.63) is 11.6 Å². The van der Waals surface area contributed by atoms with Crippen LogP contribution in [0.25, 0.3) is 0 Å². The smallest absolute Gasteiger partial charge is 0.159 e. The summed E-state index contributed by atoms with van der Waals surface area (Å²) in [7, 11) is 0. The van der Waals surface area contributed by atoms with Gasteiger partial charge in [0, 0.05) is 17.9 Å². The third-order valence-corrected chi connectivity index (χ3v) is 13.2. The van der Waals surface area contributed by atoms with Crippen molar-refractivity contribution in [3.8, 4) is 0 Å². The first-order valence-electron chi connectivity index (χ1n) is 13.8. The SMILES string of the molecule is C[C@@H]1CC[C@]2(CO)CC[C@]3(C)C(=CC(=O)C4[C@@]5(C)CC[C@H](O)C(C)(C)C5CC[C@]43C)C2[C@H]1C. The predicted octanol–water partition coefficient (Wildman–Crippen LogP) is 6.18. The average molecular weight is 457 g/mol. The molecule has 3 unspecified atom stereocenters. The van der Waals surface area contributed by atoms with Crippen molar-refractivity contribution in [3.63, 3.8) is 0 Å². The number of hydrogen-bond acceptors (Lipinski definition) is 3. The second-order valence-electron chi connectivity index (χ2n) is 14.5. The summed E-state index contributed by atoms with van der Waals surface area (Å²) in [5.41, 5.74) is 1.09. The number of carbonyl (C=O) groups is 1. The van der Waals surface area contributed by atoms with E-state index < -0.39 is 0 Å². The largest absolute Gasteiger partial charge is 0.396 e. The zero-order valence-electron chi connectivity index (χ0n) is 22.2. The van der Waals surface area contributed by atoms with Crippen molar-refractivity contribution in [2.75, 3.05) is 6.61 Å². The van der Waals surface area contributed by atoms with Crippen LogP contribution in [0.2, 0.25) is 0 Å². The molecule has 3 nitrogen and oxygen atoms in total. The van der Waals surface area contributed by atoms with E-state index in [0.29, 0.717) is 29.5 Å². The summed E-state index contributed by atoms with van der Waals surface area (Å²) in [6, 6.07) is 0. The van der Waals surface area contributed by atoms with E-state index in [2.05, 4.69) is 54.5 Å². The highest BCUT2D eigenvalue weighted by Crippen LogP contribution is 2.75. The quantitative estimate of drug-likeness (QED) is 0.495.